The van der Waals surface area contributed by atoms with Crippen LogP contribution in [0.1, 0.15) is 24.0 Å². The smallest absolute Gasteiger partial charge is 0.0713 e. The van der Waals surface area contributed by atoms with E-state index in [-0.39, 0.29) is 0 Å². The van der Waals surface area contributed by atoms with Gasteiger partial charge in [0.1, 0.15) is 0 Å². The summed E-state index contributed by atoms with van der Waals surface area (Å²) in [6.07, 6.45) is 2.52. The summed E-state index contributed by atoms with van der Waals surface area (Å²) in [4.78, 5) is 2.40. The molecule has 1 aliphatic heterocycles. The summed E-state index contributed by atoms with van der Waals surface area (Å²) < 4.78 is 5.16. The standard InChI is InChI=1S/C15H24N2O/c1-17-8-6-15(7-9-17)16-11-13-4-3-5-14(10-13)12-18-2/h3-5,10,15-16H,6-9,11-12H2,1-2H3. The Kier molecular flexibility index (Phi) is 5.17. The van der Waals surface area contributed by atoms with Crippen molar-refractivity contribution in [3.63, 3.8) is 0 Å². The molecule has 1 fully saturated rings. The van der Waals surface area contributed by atoms with E-state index in [4.69, 9.17) is 4.74 Å². The van der Waals surface area contributed by atoms with E-state index in [1.165, 1.54) is 37.1 Å². The molecule has 0 bridgehead atoms. The van der Waals surface area contributed by atoms with Gasteiger partial charge in [-0.2, -0.15) is 0 Å². The molecule has 1 heterocycles. The van der Waals surface area contributed by atoms with Gasteiger partial charge in [0.25, 0.3) is 0 Å². The summed E-state index contributed by atoms with van der Waals surface area (Å²) >= 11 is 0. The molecular weight excluding hydrogens is 224 g/mol. The first-order valence-electron chi connectivity index (χ1n) is 6.76. The number of likely N-dealkylation sites (tertiary alicyclic amines) is 1. The van der Waals surface area contributed by atoms with Gasteiger partial charge in [0, 0.05) is 19.7 Å². The fraction of sp³-hybridized carbons (Fsp3) is 0.600. The van der Waals surface area contributed by atoms with Crippen LogP contribution in [0.15, 0.2) is 24.3 Å². The summed E-state index contributed by atoms with van der Waals surface area (Å²) in [5.41, 5.74) is 2.60. The van der Waals surface area contributed by atoms with Crippen LogP contribution in [0.2, 0.25) is 0 Å². The highest BCUT2D eigenvalue weighted by Gasteiger charge is 2.15. The zero-order valence-electron chi connectivity index (χ0n) is 11.5. The van der Waals surface area contributed by atoms with E-state index in [1.54, 1.807) is 7.11 Å². The first-order chi connectivity index (χ1) is 8.78. The van der Waals surface area contributed by atoms with Crippen molar-refractivity contribution in [2.24, 2.45) is 0 Å². The van der Waals surface area contributed by atoms with Crippen LogP contribution in [0.5, 0.6) is 0 Å². The minimum absolute atomic E-state index is 0.673. The third-order valence-electron chi connectivity index (χ3n) is 3.62. The van der Waals surface area contributed by atoms with Gasteiger partial charge in [-0.1, -0.05) is 24.3 Å². The molecule has 1 saturated heterocycles. The van der Waals surface area contributed by atoms with E-state index in [0.29, 0.717) is 12.6 Å². The fourth-order valence-corrected chi connectivity index (χ4v) is 2.47. The van der Waals surface area contributed by atoms with Crippen LogP contribution in [0.3, 0.4) is 0 Å². The Morgan fingerprint density at radius 3 is 2.72 bits per heavy atom. The van der Waals surface area contributed by atoms with Crippen molar-refractivity contribution >= 4 is 0 Å². The maximum atomic E-state index is 5.16. The molecule has 3 nitrogen and oxygen atoms in total. The zero-order chi connectivity index (χ0) is 12.8. The van der Waals surface area contributed by atoms with Crippen LogP contribution in [-0.2, 0) is 17.9 Å². The first-order valence-corrected chi connectivity index (χ1v) is 6.76. The number of rotatable bonds is 5. The van der Waals surface area contributed by atoms with Crippen LogP contribution in [-0.4, -0.2) is 38.2 Å². The molecule has 0 amide bonds. The summed E-state index contributed by atoms with van der Waals surface area (Å²) in [5.74, 6) is 0. The lowest BCUT2D eigenvalue weighted by Gasteiger charge is -2.29. The second-order valence-electron chi connectivity index (χ2n) is 5.21. The molecule has 0 saturated carbocycles. The molecule has 1 aromatic rings. The van der Waals surface area contributed by atoms with Crippen LogP contribution < -0.4 is 5.32 Å². The number of methoxy groups -OCH3 is 1. The van der Waals surface area contributed by atoms with Crippen LogP contribution in [0.4, 0.5) is 0 Å². The Bertz CT molecular complexity index is 359. The number of nitrogens with one attached hydrogen (secondary N) is 1. The number of hydrogen-bond donors (Lipinski definition) is 1. The molecule has 1 aliphatic rings. The summed E-state index contributed by atoms with van der Waals surface area (Å²) in [6.45, 7) is 4.08. The largest absolute Gasteiger partial charge is 0.380 e. The topological polar surface area (TPSA) is 24.5 Å². The van der Waals surface area contributed by atoms with Gasteiger partial charge in [-0.15, -0.1) is 0 Å². The molecule has 0 aromatic heterocycles. The van der Waals surface area contributed by atoms with E-state index in [2.05, 4.69) is 41.5 Å². The van der Waals surface area contributed by atoms with Gasteiger partial charge in [0.2, 0.25) is 0 Å². The molecule has 1 aromatic carbocycles. The number of ether oxygens (including phenoxy) is 1. The van der Waals surface area contributed by atoms with E-state index in [1.807, 2.05) is 0 Å². The van der Waals surface area contributed by atoms with Crippen molar-refractivity contribution in [3.8, 4) is 0 Å². The normalized spacial score (nSPS) is 18.1. The Hall–Kier alpha value is -0.900. The number of nitrogens with zero attached hydrogens (tertiary/aromatic N) is 1. The summed E-state index contributed by atoms with van der Waals surface area (Å²) in [7, 11) is 3.94. The van der Waals surface area contributed by atoms with Gasteiger partial charge >= 0.3 is 0 Å². The molecule has 3 heteroatoms. The minimum Gasteiger partial charge on any atom is -0.380 e. The maximum Gasteiger partial charge on any atom is 0.0713 e. The van der Waals surface area contributed by atoms with Crippen molar-refractivity contribution in [1.29, 1.82) is 0 Å². The number of hydrogen-bond acceptors (Lipinski definition) is 3. The third-order valence-corrected chi connectivity index (χ3v) is 3.62. The van der Waals surface area contributed by atoms with Crippen molar-refractivity contribution in [2.45, 2.75) is 32.0 Å². The predicted octanol–water partition coefficient (Wildman–Crippen LogP) is 2.02. The molecule has 0 unspecified atom stereocenters. The Morgan fingerprint density at radius 2 is 2.00 bits per heavy atom. The van der Waals surface area contributed by atoms with E-state index < -0.39 is 0 Å². The Morgan fingerprint density at radius 1 is 1.28 bits per heavy atom. The lowest BCUT2D eigenvalue weighted by Crippen LogP contribution is -2.40. The van der Waals surface area contributed by atoms with Crippen molar-refractivity contribution < 1.29 is 4.74 Å². The Balaban J connectivity index is 1.80. The van der Waals surface area contributed by atoms with Crippen LogP contribution in [0, 0.1) is 0 Å². The average Bonchev–Trinajstić information content (AvgIpc) is 2.39. The highest BCUT2D eigenvalue weighted by molar-refractivity contribution is 5.22. The van der Waals surface area contributed by atoms with Crippen LogP contribution >= 0.6 is 0 Å². The number of benzene rings is 1. The lowest BCUT2D eigenvalue weighted by atomic mass is 10.0. The molecular formula is C15H24N2O. The number of piperidine rings is 1. The minimum atomic E-state index is 0.673. The van der Waals surface area contributed by atoms with Gasteiger partial charge in [0.15, 0.2) is 0 Å². The highest BCUT2D eigenvalue weighted by atomic mass is 16.5. The van der Waals surface area contributed by atoms with Gasteiger partial charge in [-0.3, -0.25) is 0 Å². The second kappa shape index (κ2) is 6.88. The van der Waals surface area contributed by atoms with E-state index in [0.717, 1.165) is 6.54 Å². The van der Waals surface area contributed by atoms with E-state index >= 15 is 0 Å². The summed E-state index contributed by atoms with van der Waals surface area (Å²) in [5, 5.41) is 3.66. The highest BCUT2D eigenvalue weighted by Crippen LogP contribution is 2.11. The SMILES string of the molecule is COCc1cccc(CNC2CCN(C)CC2)c1. The molecule has 0 aliphatic carbocycles. The van der Waals surface area contributed by atoms with E-state index in [9.17, 15) is 0 Å². The van der Waals surface area contributed by atoms with Gasteiger partial charge in [0.05, 0.1) is 6.61 Å². The maximum absolute atomic E-state index is 5.16. The molecule has 18 heavy (non-hydrogen) atoms. The molecule has 2 rings (SSSR count). The molecule has 100 valence electrons. The predicted molar refractivity (Wildman–Crippen MR) is 74.5 cm³/mol. The lowest BCUT2D eigenvalue weighted by molar-refractivity contribution is 0.185. The van der Waals surface area contributed by atoms with Crippen molar-refractivity contribution in [3.05, 3.63) is 35.4 Å². The first kappa shape index (κ1) is 13.5. The van der Waals surface area contributed by atoms with Gasteiger partial charge in [-0.05, 0) is 44.1 Å². The monoisotopic (exact) mass is 248 g/mol. The summed E-state index contributed by atoms with van der Waals surface area (Å²) in [6, 6.07) is 9.31. The molecule has 0 spiro atoms. The Labute approximate surface area is 110 Å². The second-order valence-corrected chi connectivity index (χ2v) is 5.21. The fourth-order valence-electron chi connectivity index (χ4n) is 2.47. The van der Waals surface area contributed by atoms with Crippen LogP contribution in [0.25, 0.3) is 0 Å². The molecule has 0 atom stereocenters. The quantitative estimate of drug-likeness (QED) is 0.863. The molecule has 0 radical (unpaired) electrons. The van der Waals surface area contributed by atoms with Crippen molar-refractivity contribution in [1.82, 2.24) is 10.2 Å². The average molecular weight is 248 g/mol. The third kappa shape index (κ3) is 4.09. The zero-order valence-corrected chi connectivity index (χ0v) is 11.5. The van der Waals surface area contributed by atoms with Gasteiger partial charge in [-0.25, -0.2) is 0 Å². The van der Waals surface area contributed by atoms with Crippen molar-refractivity contribution in [2.75, 3.05) is 27.2 Å². The van der Waals surface area contributed by atoms with Gasteiger partial charge < -0.3 is 15.0 Å². The molecule has 1 N–H and O–H groups in total.